The molecule has 6 aromatic heterocycles. The van der Waals surface area contributed by atoms with Gasteiger partial charge in [-0.15, -0.1) is 0 Å². The quantitative estimate of drug-likeness (QED) is 0.136. The van der Waals surface area contributed by atoms with Crippen LogP contribution in [0.25, 0.3) is 134 Å². The zero-order valence-corrected chi connectivity index (χ0v) is 37.3. The summed E-state index contributed by atoms with van der Waals surface area (Å²) in [5, 5.41) is 3.93. The van der Waals surface area contributed by atoms with Crippen molar-refractivity contribution in [1.29, 1.82) is 0 Å². The van der Waals surface area contributed by atoms with E-state index in [1.54, 1.807) is 0 Å². The zero-order chi connectivity index (χ0) is 46.4. The summed E-state index contributed by atoms with van der Waals surface area (Å²) in [6, 6.07) is 65.0. The molecule has 0 atom stereocenters. The first-order chi connectivity index (χ1) is 34.7. The van der Waals surface area contributed by atoms with Gasteiger partial charge in [0, 0.05) is 90.8 Å². The molecule has 10 nitrogen and oxygen atoms in total. The summed E-state index contributed by atoms with van der Waals surface area (Å²) in [6.07, 6.45) is 7.34. The Labute approximate surface area is 401 Å². The maximum atomic E-state index is 5.31. The van der Waals surface area contributed by atoms with Crippen LogP contribution in [0.15, 0.2) is 219 Å². The van der Waals surface area contributed by atoms with Gasteiger partial charge in [0.25, 0.3) is 0 Å². The van der Waals surface area contributed by atoms with Gasteiger partial charge >= 0.3 is 0 Å². The molecule has 326 valence electrons. The Hall–Kier alpha value is -9.80. The lowest BCUT2D eigenvalue weighted by Crippen LogP contribution is -2.01. The molecular weight excluding hydrogens is 861 g/mol. The van der Waals surface area contributed by atoms with Gasteiger partial charge < -0.3 is 0 Å². The Morgan fingerprint density at radius 1 is 0.229 bits per heavy atom. The van der Waals surface area contributed by atoms with Gasteiger partial charge in [-0.05, 0) is 65.7 Å². The molecule has 0 N–H and O–H groups in total. The Morgan fingerprint density at radius 3 is 0.929 bits per heavy atom. The van der Waals surface area contributed by atoms with E-state index < -0.39 is 0 Å². The molecule has 0 saturated carbocycles. The molecule has 0 aliphatic rings. The molecule has 0 radical (unpaired) electrons. The molecule has 13 aromatic rings. The molecule has 0 spiro atoms. The van der Waals surface area contributed by atoms with Crippen LogP contribution >= 0.6 is 0 Å². The highest BCUT2D eigenvalue weighted by Gasteiger charge is 2.21. The fourth-order valence-electron chi connectivity index (χ4n) is 9.21. The van der Waals surface area contributed by atoms with E-state index in [1.165, 1.54) is 0 Å². The molecule has 0 aliphatic heterocycles. The second-order valence-electron chi connectivity index (χ2n) is 16.9. The van der Waals surface area contributed by atoms with Crippen LogP contribution in [0.5, 0.6) is 0 Å². The third-order valence-electron chi connectivity index (χ3n) is 12.5. The van der Waals surface area contributed by atoms with Crippen molar-refractivity contribution in [2.75, 3.05) is 0 Å². The van der Waals surface area contributed by atoms with E-state index in [1.807, 2.05) is 164 Å². The number of nitrogens with zero attached hydrogens (tertiary/aromatic N) is 10. The molecule has 70 heavy (non-hydrogen) atoms. The van der Waals surface area contributed by atoms with Gasteiger partial charge in [-0.1, -0.05) is 140 Å². The SMILES string of the molecule is c1ccc(-c2nc(-c3ccccc3)nc(-c3ccc(-c4nc(-c5ccccc5)nc(-c5cc(-c6c7cccnc7cc7cccnc67)cc(-c6c7cccnc7cc7cccnc67)c5)n4)cc3)n2)cc1. The zero-order valence-electron chi connectivity index (χ0n) is 37.3. The van der Waals surface area contributed by atoms with Crippen molar-refractivity contribution in [1.82, 2.24) is 49.8 Å². The van der Waals surface area contributed by atoms with E-state index in [2.05, 4.69) is 54.6 Å². The fraction of sp³-hybridized carbons (Fsp3) is 0. The third kappa shape index (κ3) is 7.42. The van der Waals surface area contributed by atoms with Crippen molar-refractivity contribution in [2.24, 2.45) is 0 Å². The summed E-state index contributed by atoms with van der Waals surface area (Å²) in [7, 11) is 0. The van der Waals surface area contributed by atoms with Gasteiger partial charge in [-0.3, -0.25) is 19.9 Å². The first-order valence-corrected chi connectivity index (χ1v) is 22.9. The van der Waals surface area contributed by atoms with E-state index >= 15 is 0 Å². The maximum absolute atomic E-state index is 5.31. The normalized spacial score (nSPS) is 11.4. The monoisotopic (exact) mass is 896 g/mol. The molecule has 0 bridgehead atoms. The van der Waals surface area contributed by atoms with Gasteiger partial charge in [-0.2, -0.15) is 0 Å². The third-order valence-corrected chi connectivity index (χ3v) is 12.5. The van der Waals surface area contributed by atoms with E-state index in [4.69, 9.17) is 49.8 Å². The van der Waals surface area contributed by atoms with Crippen LogP contribution in [-0.2, 0) is 0 Å². The lowest BCUT2D eigenvalue weighted by Gasteiger charge is -2.16. The van der Waals surface area contributed by atoms with Crippen LogP contribution in [0.2, 0.25) is 0 Å². The molecule has 13 rings (SSSR count). The van der Waals surface area contributed by atoms with Gasteiger partial charge in [-0.25, -0.2) is 29.9 Å². The number of benzene rings is 7. The Balaban J connectivity index is 1.02. The topological polar surface area (TPSA) is 129 Å². The van der Waals surface area contributed by atoms with Crippen molar-refractivity contribution in [3.05, 3.63) is 219 Å². The lowest BCUT2D eigenvalue weighted by atomic mass is 9.90. The predicted molar refractivity (Wildman–Crippen MR) is 278 cm³/mol. The maximum Gasteiger partial charge on any atom is 0.164 e. The predicted octanol–water partition coefficient (Wildman–Crippen LogP) is 13.6. The van der Waals surface area contributed by atoms with E-state index in [-0.39, 0.29) is 0 Å². The summed E-state index contributed by atoms with van der Waals surface area (Å²) in [4.78, 5) is 50.1. The summed E-state index contributed by atoms with van der Waals surface area (Å²) in [5.41, 5.74) is 12.3. The summed E-state index contributed by atoms with van der Waals surface area (Å²) < 4.78 is 0. The molecule has 0 fully saturated rings. The van der Waals surface area contributed by atoms with Gasteiger partial charge in [0.05, 0.1) is 22.1 Å². The first kappa shape index (κ1) is 40.5. The van der Waals surface area contributed by atoms with Crippen LogP contribution < -0.4 is 0 Å². The highest BCUT2D eigenvalue weighted by atomic mass is 15.0. The van der Waals surface area contributed by atoms with Crippen LogP contribution in [0.1, 0.15) is 0 Å². The molecule has 0 saturated heterocycles. The van der Waals surface area contributed by atoms with E-state index in [9.17, 15) is 0 Å². The lowest BCUT2D eigenvalue weighted by molar-refractivity contribution is 1.07. The Morgan fingerprint density at radius 2 is 0.543 bits per heavy atom. The highest BCUT2D eigenvalue weighted by Crippen LogP contribution is 2.42. The molecule has 0 aliphatic carbocycles. The van der Waals surface area contributed by atoms with Crippen LogP contribution in [0.3, 0.4) is 0 Å². The van der Waals surface area contributed by atoms with Gasteiger partial charge in [0.1, 0.15) is 0 Å². The Bertz CT molecular complexity index is 3810. The smallest absolute Gasteiger partial charge is 0.164 e. The molecule has 7 aromatic carbocycles. The summed E-state index contributed by atoms with van der Waals surface area (Å²) in [5.74, 6) is 3.29. The van der Waals surface area contributed by atoms with E-state index in [0.29, 0.717) is 34.9 Å². The Kier molecular flexibility index (Phi) is 9.90. The number of hydrogen-bond acceptors (Lipinski definition) is 10. The van der Waals surface area contributed by atoms with Crippen LogP contribution in [0, 0.1) is 0 Å². The second kappa shape index (κ2) is 17.1. The standard InChI is InChI=1S/C60H36N10/c1-4-14-37(15-5-1)55-65-56(38-16-6-2-7-17-38)67-58(66-55)40-24-26-41(27-25-40)59-68-57(39-18-8-3-9-19-39)69-60(70-59)46-33-44(51-47-22-12-28-61-49(47)35-42-20-10-30-63-53(42)51)32-45(34-46)52-48-23-13-29-62-50(48)36-43-21-11-31-64-54(43)52/h1-36H. The second-order valence-corrected chi connectivity index (χ2v) is 16.9. The van der Waals surface area contributed by atoms with Crippen molar-refractivity contribution in [2.45, 2.75) is 0 Å². The highest BCUT2D eigenvalue weighted by molar-refractivity contribution is 6.13. The minimum Gasteiger partial charge on any atom is -0.256 e. The minimum absolute atomic E-state index is 0.500. The number of pyridine rings is 4. The number of hydrogen-bond donors (Lipinski definition) is 0. The average Bonchev–Trinajstić information content (AvgIpc) is 3.44. The molecular formula is C60H36N10. The largest absolute Gasteiger partial charge is 0.256 e. The van der Waals surface area contributed by atoms with Gasteiger partial charge in [0.2, 0.25) is 0 Å². The van der Waals surface area contributed by atoms with Crippen molar-refractivity contribution < 1.29 is 0 Å². The minimum atomic E-state index is 0.500. The molecule has 0 amide bonds. The van der Waals surface area contributed by atoms with Crippen LogP contribution in [0.4, 0.5) is 0 Å². The summed E-state index contributed by atoms with van der Waals surface area (Å²) in [6.45, 7) is 0. The average molecular weight is 897 g/mol. The van der Waals surface area contributed by atoms with Crippen molar-refractivity contribution in [3.63, 3.8) is 0 Å². The van der Waals surface area contributed by atoms with E-state index in [0.717, 1.165) is 99.2 Å². The van der Waals surface area contributed by atoms with Crippen molar-refractivity contribution >= 4 is 43.6 Å². The van der Waals surface area contributed by atoms with Crippen molar-refractivity contribution in [3.8, 4) is 90.6 Å². The first-order valence-electron chi connectivity index (χ1n) is 22.9. The molecule has 10 heteroatoms. The van der Waals surface area contributed by atoms with Gasteiger partial charge in [0.15, 0.2) is 34.9 Å². The summed E-state index contributed by atoms with van der Waals surface area (Å²) >= 11 is 0. The van der Waals surface area contributed by atoms with Crippen LogP contribution in [-0.4, -0.2) is 49.8 Å². The number of fused-ring (bicyclic) bond motifs is 4. The molecule has 6 heterocycles. The fourth-order valence-corrected chi connectivity index (χ4v) is 9.21. The number of aromatic nitrogens is 10. The molecule has 0 unspecified atom stereocenters. The number of rotatable bonds is 8.